The van der Waals surface area contributed by atoms with Crippen LogP contribution in [0.3, 0.4) is 0 Å². The zero-order valence-corrected chi connectivity index (χ0v) is 8.32. The zero-order chi connectivity index (χ0) is 10.6. The first-order valence-electron chi connectivity index (χ1n) is 4.58. The Morgan fingerprint density at radius 2 is 2.43 bits per heavy atom. The van der Waals surface area contributed by atoms with E-state index in [1.807, 2.05) is 6.92 Å². The van der Waals surface area contributed by atoms with Crippen LogP contribution >= 0.6 is 0 Å². The molecule has 0 saturated heterocycles. The normalized spacial score (nSPS) is 14.8. The Morgan fingerprint density at radius 1 is 1.71 bits per heavy atom. The van der Waals surface area contributed by atoms with E-state index in [9.17, 15) is 4.79 Å². The molecule has 1 rings (SSSR count). The fourth-order valence-electron chi connectivity index (χ4n) is 1.25. The maximum Gasteiger partial charge on any atom is 0.269 e. The Balaban J connectivity index is 2.41. The second-order valence-electron chi connectivity index (χ2n) is 3.43. The average Bonchev–Trinajstić information content (AvgIpc) is 2.53. The van der Waals surface area contributed by atoms with Crippen LogP contribution in [-0.4, -0.2) is 33.4 Å². The number of aliphatic hydroxyl groups is 1. The molecule has 0 saturated carbocycles. The molecule has 0 bridgehead atoms. The molecule has 0 fully saturated rings. The van der Waals surface area contributed by atoms with Gasteiger partial charge < -0.3 is 10.4 Å². The van der Waals surface area contributed by atoms with E-state index in [4.69, 9.17) is 5.11 Å². The van der Waals surface area contributed by atoms with Gasteiger partial charge in [-0.25, -0.2) is 0 Å². The van der Waals surface area contributed by atoms with E-state index in [2.05, 4.69) is 15.5 Å². The van der Waals surface area contributed by atoms with E-state index >= 15 is 0 Å². The van der Waals surface area contributed by atoms with Crippen molar-refractivity contribution in [1.82, 2.24) is 15.5 Å². The number of aliphatic hydroxyl groups excluding tert-OH is 1. The maximum atomic E-state index is 11.4. The van der Waals surface area contributed by atoms with Crippen LogP contribution in [0.25, 0.3) is 0 Å². The average molecular weight is 197 g/mol. The van der Waals surface area contributed by atoms with Crippen molar-refractivity contribution in [2.24, 2.45) is 0 Å². The molecule has 0 radical (unpaired) electrons. The lowest BCUT2D eigenvalue weighted by molar-refractivity contribution is 0.0918. The van der Waals surface area contributed by atoms with Gasteiger partial charge in [-0.15, -0.1) is 0 Å². The smallest absolute Gasteiger partial charge is 0.269 e. The summed E-state index contributed by atoms with van der Waals surface area (Å²) in [6, 6.07) is 1.55. The highest BCUT2D eigenvalue weighted by atomic mass is 16.3. The van der Waals surface area contributed by atoms with Crippen molar-refractivity contribution in [3.8, 4) is 0 Å². The van der Waals surface area contributed by atoms with Crippen molar-refractivity contribution in [3.63, 3.8) is 0 Å². The highest BCUT2D eigenvalue weighted by molar-refractivity contribution is 5.92. The number of nitrogens with one attached hydrogen (secondary N) is 2. The minimum absolute atomic E-state index is 0.0502. The molecule has 14 heavy (non-hydrogen) atoms. The molecule has 3 N–H and O–H groups in total. The third-order valence-electron chi connectivity index (χ3n) is 1.82. The summed E-state index contributed by atoms with van der Waals surface area (Å²) in [5.74, 6) is -0.198. The molecule has 0 aromatic carbocycles. The number of hydrogen-bond acceptors (Lipinski definition) is 3. The Labute approximate surface area is 82.5 Å². The summed E-state index contributed by atoms with van der Waals surface area (Å²) >= 11 is 0. The van der Waals surface area contributed by atoms with Gasteiger partial charge in [0.15, 0.2) is 0 Å². The van der Waals surface area contributed by atoms with Gasteiger partial charge in [0.25, 0.3) is 5.91 Å². The standard InChI is InChI=1S/C9H15N3O2/c1-6(5-7(2)13)11-9(14)8-3-4-10-12-8/h3-4,6-7,13H,5H2,1-2H3,(H,10,12)(H,11,14). The number of hydrogen-bond donors (Lipinski definition) is 3. The highest BCUT2D eigenvalue weighted by Crippen LogP contribution is 1.98. The first kappa shape index (κ1) is 10.7. The zero-order valence-electron chi connectivity index (χ0n) is 8.32. The van der Waals surface area contributed by atoms with Crippen molar-refractivity contribution < 1.29 is 9.90 Å². The summed E-state index contributed by atoms with van der Waals surface area (Å²) in [6.45, 7) is 3.54. The van der Waals surface area contributed by atoms with Gasteiger partial charge in [0.1, 0.15) is 5.69 Å². The van der Waals surface area contributed by atoms with Crippen LogP contribution in [0.4, 0.5) is 0 Å². The van der Waals surface area contributed by atoms with Crippen LogP contribution in [0.15, 0.2) is 12.3 Å². The third kappa shape index (κ3) is 3.18. The molecule has 0 spiro atoms. The second kappa shape index (κ2) is 4.76. The van der Waals surface area contributed by atoms with E-state index in [1.165, 1.54) is 6.20 Å². The molecular formula is C9H15N3O2. The molecule has 1 heterocycles. The summed E-state index contributed by atoms with van der Waals surface area (Å²) in [6.07, 6.45) is 1.65. The molecule has 5 nitrogen and oxygen atoms in total. The highest BCUT2D eigenvalue weighted by Gasteiger charge is 2.11. The fraction of sp³-hybridized carbons (Fsp3) is 0.556. The van der Waals surface area contributed by atoms with Crippen molar-refractivity contribution >= 4 is 5.91 Å². The van der Waals surface area contributed by atoms with E-state index in [0.29, 0.717) is 12.1 Å². The van der Waals surface area contributed by atoms with Crippen LogP contribution in [-0.2, 0) is 0 Å². The summed E-state index contributed by atoms with van der Waals surface area (Å²) < 4.78 is 0. The van der Waals surface area contributed by atoms with Crippen molar-refractivity contribution in [1.29, 1.82) is 0 Å². The number of carbonyl (C=O) groups excluding carboxylic acids is 1. The van der Waals surface area contributed by atoms with Gasteiger partial charge >= 0.3 is 0 Å². The molecule has 1 amide bonds. The van der Waals surface area contributed by atoms with Crippen molar-refractivity contribution in [2.45, 2.75) is 32.4 Å². The lowest BCUT2D eigenvalue weighted by atomic mass is 10.1. The number of aromatic nitrogens is 2. The second-order valence-corrected chi connectivity index (χ2v) is 3.43. The lowest BCUT2D eigenvalue weighted by Gasteiger charge is -2.14. The fourth-order valence-corrected chi connectivity index (χ4v) is 1.25. The third-order valence-corrected chi connectivity index (χ3v) is 1.82. The number of nitrogens with zero attached hydrogens (tertiary/aromatic N) is 1. The maximum absolute atomic E-state index is 11.4. The van der Waals surface area contributed by atoms with Crippen LogP contribution < -0.4 is 5.32 Å². The quantitative estimate of drug-likeness (QED) is 0.649. The van der Waals surface area contributed by atoms with E-state index in [0.717, 1.165) is 0 Å². The minimum atomic E-state index is -0.410. The van der Waals surface area contributed by atoms with Crippen molar-refractivity contribution in [2.75, 3.05) is 0 Å². The number of rotatable bonds is 4. The summed E-state index contributed by atoms with van der Waals surface area (Å²) in [4.78, 5) is 11.4. The first-order chi connectivity index (χ1) is 6.59. The molecular weight excluding hydrogens is 182 g/mol. The van der Waals surface area contributed by atoms with Crippen LogP contribution in [0, 0.1) is 0 Å². The summed E-state index contributed by atoms with van der Waals surface area (Å²) in [5, 5.41) is 18.1. The largest absolute Gasteiger partial charge is 0.393 e. The van der Waals surface area contributed by atoms with Gasteiger partial charge in [-0.05, 0) is 26.3 Å². The van der Waals surface area contributed by atoms with E-state index < -0.39 is 6.10 Å². The number of carbonyl (C=O) groups is 1. The first-order valence-corrected chi connectivity index (χ1v) is 4.58. The Morgan fingerprint density at radius 3 is 2.93 bits per heavy atom. The van der Waals surface area contributed by atoms with E-state index in [1.54, 1.807) is 13.0 Å². The summed E-state index contributed by atoms with van der Waals surface area (Å²) in [7, 11) is 0. The Kier molecular flexibility index (Phi) is 3.64. The van der Waals surface area contributed by atoms with Gasteiger partial charge in [-0.2, -0.15) is 5.10 Å². The molecule has 0 aliphatic heterocycles. The van der Waals surface area contributed by atoms with Crippen LogP contribution in [0.5, 0.6) is 0 Å². The molecule has 78 valence electrons. The van der Waals surface area contributed by atoms with Gasteiger partial charge in [-0.1, -0.05) is 0 Å². The molecule has 0 aliphatic carbocycles. The molecule has 5 heteroatoms. The molecule has 1 aromatic rings. The molecule has 1 aromatic heterocycles. The van der Waals surface area contributed by atoms with Crippen LogP contribution in [0.2, 0.25) is 0 Å². The SMILES string of the molecule is CC(O)CC(C)NC(=O)c1ccn[nH]1. The lowest BCUT2D eigenvalue weighted by Crippen LogP contribution is -2.34. The predicted octanol–water partition coefficient (Wildman–Crippen LogP) is 0.299. The van der Waals surface area contributed by atoms with Gasteiger partial charge in [0.2, 0.25) is 0 Å². The van der Waals surface area contributed by atoms with E-state index in [-0.39, 0.29) is 11.9 Å². The van der Waals surface area contributed by atoms with Gasteiger partial charge in [-0.3, -0.25) is 9.89 Å². The van der Waals surface area contributed by atoms with Crippen molar-refractivity contribution in [3.05, 3.63) is 18.0 Å². The van der Waals surface area contributed by atoms with Gasteiger partial charge in [0, 0.05) is 12.2 Å². The monoisotopic (exact) mass is 197 g/mol. The minimum Gasteiger partial charge on any atom is -0.393 e. The topological polar surface area (TPSA) is 78.0 Å². The number of aromatic amines is 1. The number of H-pyrrole nitrogens is 1. The molecule has 0 aliphatic rings. The Hall–Kier alpha value is -1.36. The van der Waals surface area contributed by atoms with Gasteiger partial charge in [0.05, 0.1) is 6.10 Å². The number of amides is 1. The van der Waals surface area contributed by atoms with Crippen LogP contribution in [0.1, 0.15) is 30.8 Å². The Bertz CT molecular complexity index is 282. The molecule has 2 unspecified atom stereocenters. The predicted molar refractivity (Wildman–Crippen MR) is 51.8 cm³/mol. The summed E-state index contributed by atoms with van der Waals surface area (Å²) in [5.41, 5.74) is 0.433. The molecule has 2 atom stereocenters.